The van der Waals surface area contributed by atoms with Crippen molar-refractivity contribution >= 4 is 39.9 Å². The molecule has 24 heavy (non-hydrogen) atoms. The molecule has 2 aromatic rings. The van der Waals surface area contributed by atoms with E-state index in [1.807, 2.05) is 0 Å². The van der Waals surface area contributed by atoms with Gasteiger partial charge in [0.25, 0.3) is 11.6 Å². The molecule has 0 aliphatic heterocycles. The van der Waals surface area contributed by atoms with Crippen LogP contribution in [0, 0.1) is 20.6 Å². The quantitative estimate of drug-likeness (QED) is 0.416. The van der Waals surface area contributed by atoms with Crippen molar-refractivity contribution in [2.24, 2.45) is 0 Å². The number of anilines is 1. The fraction of sp³-hybridized carbons (Fsp3) is 0.133. The van der Waals surface area contributed by atoms with Gasteiger partial charge in [0.15, 0.2) is 0 Å². The molecule has 5 nitrogen and oxygen atoms in total. The van der Waals surface area contributed by atoms with E-state index in [4.69, 9.17) is 0 Å². The molecular formula is C15H10F3IN2O3. The highest BCUT2D eigenvalue weighted by molar-refractivity contribution is 14.1. The molecule has 1 N–H and O–H groups in total. The van der Waals surface area contributed by atoms with Gasteiger partial charge in [0.1, 0.15) is 0 Å². The second-order valence-corrected chi connectivity index (χ2v) is 6.09. The number of carbonyl (C=O) groups is 1. The first-order chi connectivity index (χ1) is 11.1. The largest absolute Gasteiger partial charge is 0.418 e. The highest BCUT2D eigenvalue weighted by atomic mass is 127. The molecule has 0 bridgehead atoms. The summed E-state index contributed by atoms with van der Waals surface area (Å²) in [6.45, 7) is 1.37. The van der Waals surface area contributed by atoms with Crippen molar-refractivity contribution in [1.29, 1.82) is 0 Å². The molecule has 1 amide bonds. The predicted octanol–water partition coefficient (Wildman–Crippen LogP) is 4.78. The van der Waals surface area contributed by atoms with Gasteiger partial charge in [-0.25, -0.2) is 0 Å². The third-order valence-electron chi connectivity index (χ3n) is 3.28. The van der Waals surface area contributed by atoms with E-state index < -0.39 is 28.3 Å². The number of halogens is 4. The maximum absolute atomic E-state index is 13.1. The van der Waals surface area contributed by atoms with E-state index in [-0.39, 0.29) is 16.8 Å². The van der Waals surface area contributed by atoms with E-state index in [1.165, 1.54) is 31.2 Å². The van der Waals surface area contributed by atoms with Gasteiger partial charge >= 0.3 is 6.18 Å². The maximum atomic E-state index is 13.1. The summed E-state index contributed by atoms with van der Waals surface area (Å²) in [7, 11) is 0. The summed E-state index contributed by atoms with van der Waals surface area (Å²) >= 11 is 1.74. The van der Waals surface area contributed by atoms with E-state index in [9.17, 15) is 28.1 Å². The Labute approximate surface area is 148 Å². The standard InChI is InChI=1S/C15H10F3IN2O3/c1-8-10(3-2-4-13(8)21(23)24)14(22)20-12-6-5-9(19)7-11(12)15(16,17)18/h2-7H,1H3,(H,20,22). The van der Waals surface area contributed by atoms with Crippen molar-refractivity contribution in [3.63, 3.8) is 0 Å². The molecule has 0 radical (unpaired) electrons. The summed E-state index contributed by atoms with van der Waals surface area (Å²) in [5.41, 5.74) is -1.64. The van der Waals surface area contributed by atoms with Gasteiger partial charge in [-0.1, -0.05) is 6.07 Å². The molecule has 126 valence electrons. The molecule has 0 saturated carbocycles. The number of alkyl halides is 3. The van der Waals surface area contributed by atoms with Gasteiger partial charge in [-0.15, -0.1) is 0 Å². The monoisotopic (exact) mass is 450 g/mol. The van der Waals surface area contributed by atoms with Crippen LogP contribution in [-0.4, -0.2) is 10.8 Å². The number of amides is 1. The van der Waals surface area contributed by atoms with E-state index in [1.54, 1.807) is 22.6 Å². The smallest absolute Gasteiger partial charge is 0.321 e. The Morgan fingerprint density at radius 3 is 2.50 bits per heavy atom. The van der Waals surface area contributed by atoms with Crippen molar-refractivity contribution in [3.05, 3.63) is 66.8 Å². The van der Waals surface area contributed by atoms with Gasteiger partial charge < -0.3 is 5.32 Å². The highest BCUT2D eigenvalue weighted by Crippen LogP contribution is 2.36. The minimum absolute atomic E-state index is 0.0594. The first-order valence-electron chi connectivity index (χ1n) is 6.53. The lowest BCUT2D eigenvalue weighted by Crippen LogP contribution is -2.18. The van der Waals surface area contributed by atoms with Crippen molar-refractivity contribution in [3.8, 4) is 0 Å². The van der Waals surface area contributed by atoms with E-state index in [2.05, 4.69) is 5.32 Å². The number of hydrogen-bond donors (Lipinski definition) is 1. The van der Waals surface area contributed by atoms with Gasteiger partial charge in [-0.2, -0.15) is 13.2 Å². The molecule has 0 unspecified atom stereocenters. The summed E-state index contributed by atoms with van der Waals surface area (Å²) < 4.78 is 39.6. The summed E-state index contributed by atoms with van der Waals surface area (Å²) in [5.74, 6) is -0.845. The first-order valence-corrected chi connectivity index (χ1v) is 7.61. The van der Waals surface area contributed by atoms with Gasteiger partial charge in [0.05, 0.1) is 16.2 Å². The fourth-order valence-electron chi connectivity index (χ4n) is 2.12. The van der Waals surface area contributed by atoms with Gasteiger partial charge in [0, 0.05) is 20.8 Å². The molecule has 9 heteroatoms. The molecule has 0 aliphatic rings. The van der Waals surface area contributed by atoms with Crippen molar-refractivity contribution in [1.82, 2.24) is 0 Å². The van der Waals surface area contributed by atoms with Crippen molar-refractivity contribution in [2.75, 3.05) is 5.32 Å². The van der Waals surface area contributed by atoms with Gasteiger partial charge in [-0.05, 0) is 53.8 Å². The number of carbonyl (C=O) groups excluding carboxylic acids is 1. The SMILES string of the molecule is Cc1c(C(=O)Nc2ccc(I)cc2C(F)(F)F)cccc1[N+](=O)[O-]. The number of benzene rings is 2. The lowest BCUT2D eigenvalue weighted by Gasteiger charge is -2.15. The number of hydrogen-bond acceptors (Lipinski definition) is 3. The topological polar surface area (TPSA) is 72.2 Å². The lowest BCUT2D eigenvalue weighted by molar-refractivity contribution is -0.385. The maximum Gasteiger partial charge on any atom is 0.418 e. The minimum atomic E-state index is -4.64. The van der Waals surface area contributed by atoms with Crippen LogP contribution in [0.4, 0.5) is 24.5 Å². The normalized spacial score (nSPS) is 11.2. The van der Waals surface area contributed by atoms with Gasteiger partial charge in [-0.3, -0.25) is 14.9 Å². The Morgan fingerprint density at radius 1 is 1.25 bits per heavy atom. The third kappa shape index (κ3) is 3.83. The Hall–Kier alpha value is -2.17. The molecular weight excluding hydrogens is 440 g/mol. The van der Waals surface area contributed by atoms with Crippen LogP contribution in [0.1, 0.15) is 21.5 Å². The Kier molecular flexibility index (Phi) is 5.11. The lowest BCUT2D eigenvalue weighted by atomic mass is 10.1. The molecule has 0 saturated heterocycles. The van der Waals surface area contributed by atoms with E-state index >= 15 is 0 Å². The second kappa shape index (κ2) is 6.75. The third-order valence-corrected chi connectivity index (χ3v) is 3.95. The highest BCUT2D eigenvalue weighted by Gasteiger charge is 2.34. The first kappa shape index (κ1) is 18.2. The molecule has 2 rings (SSSR count). The number of nitrogens with zero attached hydrogens (tertiary/aromatic N) is 1. The molecule has 2 aromatic carbocycles. The van der Waals surface area contributed by atoms with Crippen LogP contribution in [0.3, 0.4) is 0 Å². The second-order valence-electron chi connectivity index (χ2n) is 4.85. The van der Waals surface area contributed by atoms with E-state index in [0.717, 1.165) is 12.1 Å². The molecule has 0 aromatic heterocycles. The Bertz CT molecular complexity index is 822. The molecule has 0 heterocycles. The minimum Gasteiger partial charge on any atom is -0.321 e. The Morgan fingerprint density at radius 2 is 1.92 bits per heavy atom. The molecule has 0 aliphatic carbocycles. The van der Waals surface area contributed by atoms with Crippen LogP contribution in [0.5, 0.6) is 0 Å². The number of rotatable bonds is 3. The predicted molar refractivity (Wildman–Crippen MR) is 89.9 cm³/mol. The average molecular weight is 450 g/mol. The van der Waals surface area contributed by atoms with Crippen LogP contribution < -0.4 is 5.32 Å². The average Bonchev–Trinajstić information content (AvgIpc) is 2.47. The Balaban J connectivity index is 2.42. The number of nitro groups is 1. The number of nitrogens with one attached hydrogen (secondary N) is 1. The van der Waals surface area contributed by atoms with Gasteiger partial charge in [0.2, 0.25) is 0 Å². The van der Waals surface area contributed by atoms with Crippen molar-refractivity contribution in [2.45, 2.75) is 13.1 Å². The summed E-state index contributed by atoms with van der Waals surface area (Å²) in [5, 5.41) is 13.1. The fourth-order valence-corrected chi connectivity index (χ4v) is 2.61. The number of nitro benzene ring substituents is 1. The summed E-state index contributed by atoms with van der Waals surface area (Å²) in [4.78, 5) is 22.5. The molecule has 0 fully saturated rings. The zero-order valence-corrected chi connectivity index (χ0v) is 14.3. The van der Waals surface area contributed by atoms with Crippen LogP contribution >= 0.6 is 22.6 Å². The van der Waals surface area contributed by atoms with Crippen LogP contribution in [0.2, 0.25) is 0 Å². The molecule has 0 spiro atoms. The summed E-state index contributed by atoms with van der Waals surface area (Å²) in [6, 6.07) is 7.33. The van der Waals surface area contributed by atoms with Crippen LogP contribution in [0.25, 0.3) is 0 Å². The molecule has 0 atom stereocenters. The van der Waals surface area contributed by atoms with Crippen LogP contribution in [-0.2, 0) is 6.18 Å². The van der Waals surface area contributed by atoms with Crippen LogP contribution in [0.15, 0.2) is 36.4 Å². The van der Waals surface area contributed by atoms with E-state index in [0.29, 0.717) is 3.57 Å². The van der Waals surface area contributed by atoms with Crippen molar-refractivity contribution < 1.29 is 22.9 Å². The zero-order chi connectivity index (χ0) is 18.1. The zero-order valence-electron chi connectivity index (χ0n) is 12.1. The summed E-state index contributed by atoms with van der Waals surface area (Å²) in [6.07, 6.45) is -4.64.